The number of rotatable bonds is 4. The van der Waals surface area contributed by atoms with Gasteiger partial charge in [0.1, 0.15) is 5.75 Å². The third-order valence-electron chi connectivity index (χ3n) is 3.02. The summed E-state index contributed by atoms with van der Waals surface area (Å²) < 4.78 is 6.45. The molecule has 4 heteroatoms. The highest BCUT2D eigenvalue weighted by atomic mass is 79.9. The summed E-state index contributed by atoms with van der Waals surface area (Å²) in [4.78, 5) is 2.10. The zero-order valence-electron chi connectivity index (χ0n) is 11.3. The van der Waals surface area contributed by atoms with Crippen molar-refractivity contribution < 1.29 is 4.74 Å². The molecule has 2 rings (SSSR count). The van der Waals surface area contributed by atoms with E-state index in [4.69, 9.17) is 4.74 Å². The molecular weight excluding hydrogens is 304 g/mol. The van der Waals surface area contributed by atoms with Crippen LogP contribution in [0, 0.1) is 0 Å². The van der Waals surface area contributed by atoms with Gasteiger partial charge in [0.05, 0.1) is 12.8 Å². The SMILES string of the molecule is CNc1cccc(N(C)c2cc(Br)ccc2OC)c1. The Labute approximate surface area is 122 Å². The molecule has 0 spiro atoms. The standard InChI is InChI=1S/C15H17BrN2O/c1-17-12-5-4-6-13(10-12)18(2)14-9-11(16)7-8-15(14)19-3/h4-10,17H,1-3H3. The van der Waals surface area contributed by atoms with E-state index in [0.717, 1.165) is 27.3 Å². The highest BCUT2D eigenvalue weighted by Gasteiger charge is 2.11. The van der Waals surface area contributed by atoms with E-state index < -0.39 is 0 Å². The summed E-state index contributed by atoms with van der Waals surface area (Å²) >= 11 is 3.50. The van der Waals surface area contributed by atoms with Crippen LogP contribution >= 0.6 is 15.9 Å². The van der Waals surface area contributed by atoms with Gasteiger partial charge in [0.25, 0.3) is 0 Å². The second-order valence-corrected chi connectivity index (χ2v) is 5.09. The second-order valence-electron chi connectivity index (χ2n) is 4.18. The van der Waals surface area contributed by atoms with E-state index in [-0.39, 0.29) is 0 Å². The van der Waals surface area contributed by atoms with Crippen molar-refractivity contribution in [1.29, 1.82) is 0 Å². The fourth-order valence-electron chi connectivity index (χ4n) is 1.93. The van der Waals surface area contributed by atoms with Gasteiger partial charge in [0.2, 0.25) is 0 Å². The minimum Gasteiger partial charge on any atom is -0.495 e. The van der Waals surface area contributed by atoms with Crippen LogP contribution in [0.15, 0.2) is 46.9 Å². The van der Waals surface area contributed by atoms with Crippen LogP contribution in [0.4, 0.5) is 17.1 Å². The molecule has 0 aliphatic carbocycles. The molecule has 0 aliphatic rings. The Kier molecular flexibility index (Phi) is 4.32. The van der Waals surface area contributed by atoms with Crippen molar-refractivity contribution >= 4 is 33.0 Å². The van der Waals surface area contributed by atoms with Crippen LogP contribution in [0.5, 0.6) is 5.75 Å². The van der Waals surface area contributed by atoms with Crippen LogP contribution in [0.1, 0.15) is 0 Å². The minimum atomic E-state index is 0.848. The predicted molar refractivity (Wildman–Crippen MR) is 84.7 cm³/mol. The van der Waals surface area contributed by atoms with Crippen LogP contribution in [-0.2, 0) is 0 Å². The van der Waals surface area contributed by atoms with E-state index in [1.54, 1.807) is 7.11 Å². The highest BCUT2D eigenvalue weighted by Crippen LogP contribution is 2.35. The Balaban J connectivity index is 2.42. The smallest absolute Gasteiger partial charge is 0.142 e. The molecular formula is C15H17BrN2O. The van der Waals surface area contributed by atoms with Crippen LogP contribution in [0.3, 0.4) is 0 Å². The number of ether oxygens (including phenoxy) is 1. The molecule has 19 heavy (non-hydrogen) atoms. The topological polar surface area (TPSA) is 24.5 Å². The van der Waals surface area contributed by atoms with E-state index >= 15 is 0 Å². The summed E-state index contributed by atoms with van der Waals surface area (Å²) in [7, 11) is 5.63. The highest BCUT2D eigenvalue weighted by molar-refractivity contribution is 9.10. The Hall–Kier alpha value is -1.68. The van der Waals surface area contributed by atoms with Gasteiger partial charge < -0.3 is 15.0 Å². The minimum absolute atomic E-state index is 0.848. The molecule has 0 amide bonds. The Morgan fingerprint density at radius 3 is 2.63 bits per heavy atom. The maximum absolute atomic E-state index is 5.42. The third-order valence-corrected chi connectivity index (χ3v) is 3.52. The first-order valence-corrected chi connectivity index (χ1v) is 6.80. The van der Waals surface area contributed by atoms with Gasteiger partial charge in [0, 0.05) is 29.9 Å². The molecule has 0 unspecified atom stereocenters. The molecule has 1 N–H and O–H groups in total. The number of nitrogens with one attached hydrogen (secondary N) is 1. The van der Waals surface area contributed by atoms with E-state index in [9.17, 15) is 0 Å². The van der Waals surface area contributed by atoms with Gasteiger partial charge in [-0.3, -0.25) is 0 Å². The number of anilines is 3. The largest absolute Gasteiger partial charge is 0.495 e. The predicted octanol–water partition coefficient (Wildman–Crippen LogP) is 4.27. The molecule has 100 valence electrons. The number of hydrogen-bond acceptors (Lipinski definition) is 3. The number of halogens is 1. The number of nitrogens with zero attached hydrogens (tertiary/aromatic N) is 1. The summed E-state index contributed by atoms with van der Waals surface area (Å²) in [6, 6.07) is 14.2. The van der Waals surface area contributed by atoms with Crippen molar-refractivity contribution in [2.24, 2.45) is 0 Å². The number of benzene rings is 2. The molecule has 0 fully saturated rings. The summed E-state index contributed by atoms with van der Waals surface area (Å²) in [5.74, 6) is 0.848. The van der Waals surface area contributed by atoms with Crippen molar-refractivity contribution in [3.05, 3.63) is 46.9 Å². The summed E-state index contributed by atoms with van der Waals surface area (Å²) in [6.45, 7) is 0. The van der Waals surface area contributed by atoms with E-state index in [1.165, 1.54) is 0 Å². The van der Waals surface area contributed by atoms with E-state index in [2.05, 4.69) is 38.3 Å². The lowest BCUT2D eigenvalue weighted by atomic mass is 10.2. The van der Waals surface area contributed by atoms with Crippen molar-refractivity contribution in [1.82, 2.24) is 0 Å². The average molecular weight is 321 g/mol. The summed E-state index contributed by atoms with van der Waals surface area (Å²) in [5.41, 5.74) is 3.20. The molecule has 0 aromatic heterocycles. The first kappa shape index (κ1) is 13.7. The monoisotopic (exact) mass is 320 g/mol. The quantitative estimate of drug-likeness (QED) is 0.910. The number of hydrogen-bond donors (Lipinski definition) is 1. The number of methoxy groups -OCH3 is 1. The van der Waals surface area contributed by atoms with Gasteiger partial charge in [-0.15, -0.1) is 0 Å². The molecule has 0 aliphatic heterocycles. The molecule has 0 saturated carbocycles. The molecule has 0 saturated heterocycles. The molecule has 0 bridgehead atoms. The lowest BCUT2D eigenvalue weighted by molar-refractivity contribution is 0.415. The summed E-state index contributed by atoms with van der Waals surface area (Å²) in [5, 5.41) is 3.15. The van der Waals surface area contributed by atoms with Gasteiger partial charge in [-0.1, -0.05) is 22.0 Å². The Bertz CT molecular complexity index is 572. The fraction of sp³-hybridized carbons (Fsp3) is 0.200. The Morgan fingerprint density at radius 2 is 1.95 bits per heavy atom. The van der Waals surface area contributed by atoms with E-state index in [0.29, 0.717) is 0 Å². The van der Waals surface area contributed by atoms with Crippen LogP contribution in [0.25, 0.3) is 0 Å². The molecule has 2 aromatic carbocycles. The van der Waals surface area contributed by atoms with Gasteiger partial charge in [-0.25, -0.2) is 0 Å². The third kappa shape index (κ3) is 3.01. The van der Waals surface area contributed by atoms with E-state index in [1.807, 2.05) is 44.4 Å². The molecule has 0 atom stereocenters. The van der Waals surface area contributed by atoms with Crippen molar-refractivity contribution in [3.63, 3.8) is 0 Å². The first-order chi connectivity index (χ1) is 9.15. The Morgan fingerprint density at radius 1 is 1.16 bits per heavy atom. The maximum atomic E-state index is 5.42. The van der Waals surface area contributed by atoms with Gasteiger partial charge >= 0.3 is 0 Å². The first-order valence-electron chi connectivity index (χ1n) is 6.01. The maximum Gasteiger partial charge on any atom is 0.142 e. The lowest BCUT2D eigenvalue weighted by Crippen LogP contribution is -2.11. The van der Waals surface area contributed by atoms with Gasteiger partial charge in [-0.2, -0.15) is 0 Å². The average Bonchev–Trinajstić information content (AvgIpc) is 2.46. The zero-order valence-corrected chi connectivity index (χ0v) is 12.9. The van der Waals surface area contributed by atoms with Crippen molar-refractivity contribution in [2.75, 3.05) is 31.4 Å². The van der Waals surface area contributed by atoms with Crippen molar-refractivity contribution in [2.45, 2.75) is 0 Å². The molecule has 2 aromatic rings. The van der Waals surface area contributed by atoms with Gasteiger partial charge in [0.15, 0.2) is 0 Å². The van der Waals surface area contributed by atoms with Crippen molar-refractivity contribution in [3.8, 4) is 5.75 Å². The molecule has 0 radical (unpaired) electrons. The second kappa shape index (κ2) is 5.97. The molecule has 0 heterocycles. The van der Waals surface area contributed by atoms with Crippen LogP contribution in [0.2, 0.25) is 0 Å². The van der Waals surface area contributed by atoms with Crippen LogP contribution < -0.4 is 15.0 Å². The van der Waals surface area contributed by atoms with Crippen LogP contribution in [-0.4, -0.2) is 21.2 Å². The molecule has 3 nitrogen and oxygen atoms in total. The van der Waals surface area contributed by atoms with Gasteiger partial charge in [-0.05, 0) is 36.4 Å². The summed E-state index contributed by atoms with van der Waals surface area (Å²) in [6.07, 6.45) is 0. The lowest BCUT2D eigenvalue weighted by Gasteiger charge is -2.22. The normalized spacial score (nSPS) is 10.1. The fourth-order valence-corrected chi connectivity index (χ4v) is 2.28. The zero-order chi connectivity index (χ0) is 13.8.